The van der Waals surface area contributed by atoms with Gasteiger partial charge in [-0.15, -0.1) is 0 Å². The van der Waals surface area contributed by atoms with Gasteiger partial charge < -0.3 is 10.6 Å². The van der Waals surface area contributed by atoms with E-state index >= 15 is 0 Å². The quantitative estimate of drug-likeness (QED) is 0.914. The molecular weight excluding hydrogens is 236 g/mol. The van der Waals surface area contributed by atoms with Crippen molar-refractivity contribution in [1.29, 1.82) is 0 Å². The molecule has 0 radical (unpaired) electrons. The van der Waals surface area contributed by atoms with Gasteiger partial charge in [0.2, 0.25) is 0 Å². The normalized spacial score (nSPS) is 18.9. The van der Waals surface area contributed by atoms with Gasteiger partial charge in [-0.1, -0.05) is 31.2 Å². The third kappa shape index (κ3) is 2.03. The van der Waals surface area contributed by atoms with Gasteiger partial charge in [-0.05, 0) is 11.8 Å². The van der Waals surface area contributed by atoms with Crippen LogP contribution in [0.15, 0.2) is 41.7 Å². The number of pyridine rings is 1. The second-order valence-electron chi connectivity index (χ2n) is 4.86. The Labute approximate surface area is 113 Å². The number of benzene rings is 1. The molecule has 4 heteroatoms. The summed E-state index contributed by atoms with van der Waals surface area (Å²) >= 11 is 0. The lowest BCUT2D eigenvalue weighted by atomic mass is 10.0. The van der Waals surface area contributed by atoms with E-state index < -0.39 is 0 Å². The lowest BCUT2D eigenvalue weighted by Crippen LogP contribution is -2.36. The van der Waals surface area contributed by atoms with Crippen LogP contribution < -0.4 is 5.73 Å². The molecule has 0 spiro atoms. The number of rotatable bonds is 3. The average Bonchev–Trinajstić information content (AvgIpc) is 2.80. The van der Waals surface area contributed by atoms with Crippen LogP contribution in [0.1, 0.15) is 24.9 Å². The van der Waals surface area contributed by atoms with E-state index in [1.165, 1.54) is 16.3 Å². The molecule has 4 nitrogen and oxygen atoms in total. The van der Waals surface area contributed by atoms with Gasteiger partial charge in [0.15, 0.2) is 5.96 Å². The van der Waals surface area contributed by atoms with E-state index in [0.29, 0.717) is 5.96 Å². The van der Waals surface area contributed by atoms with E-state index in [2.05, 4.69) is 40.0 Å². The van der Waals surface area contributed by atoms with Crippen molar-refractivity contribution in [1.82, 2.24) is 9.88 Å². The molecule has 2 heterocycles. The van der Waals surface area contributed by atoms with Gasteiger partial charge in [0.25, 0.3) is 0 Å². The Morgan fingerprint density at radius 2 is 2.16 bits per heavy atom. The van der Waals surface area contributed by atoms with E-state index in [1.54, 1.807) is 0 Å². The highest BCUT2D eigenvalue weighted by Crippen LogP contribution is 2.30. The van der Waals surface area contributed by atoms with Crippen LogP contribution in [0.2, 0.25) is 0 Å². The Hall–Kier alpha value is -2.10. The molecule has 1 aromatic heterocycles. The van der Waals surface area contributed by atoms with Crippen LogP contribution in [0, 0.1) is 0 Å². The molecule has 2 aromatic rings. The second kappa shape index (κ2) is 4.88. The van der Waals surface area contributed by atoms with Gasteiger partial charge in [-0.25, -0.2) is 0 Å². The number of aromatic nitrogens is 1. The van der Waals surface area contributed by atoms with Crippen LogP contribution in [0.4, 0.5) is 0 Å². The molecule has 0 fully saturated rings. The summed E-state index contributed by atoms with van der Waals surface area (Å²) in [5, 5.41) is 2.41. The van der Waals surface area contributed by atoms with E-state index in [9.17, 15) is 0 Å². The molecule has 0 bridgehead atoms. The third-order valence-electron chi connectivity index (χ3n) is 3.62. The van der Waals surface area contributed by atoms with Crippen LogP contribution >= 0.6 is 0 Å². The first-order valence-corrected chi connectivity index (χ1v) is 6.70. The number of nitrogens with zero attached hydrogens (tertiary/aromatic N) is 3. The van der Waals surface area contributed by atoms with Gasteiger partial charge in [0.05, 0.1) is 12.6 Å². The van der Waals surface area contributed by atoms with Crippen molar-refractivity contribution in [2.24, 2.45) is 10.7 Å². The third-order valence-corrected chi connectivity index (χ3v) is 3.62. The van der Waals surface area contributed by atoms with Crippen LogP contribution in [0.3, 0.4) is 0 Å². The molecule has 0 amide bonds. The summed E-state index contributed by atoms with van der Waals surface area (Å²) < 4.78 is 0. The Balaban J connectivity index is 2.05. The molecule has 0 saturated carbocycles. The van der Waals surface area contributed by atoms with Gasteiger partial charge >= 0.3 is 0 Å². The smallest absolute Gasteiger partial charge is 0.191 e. The second-order valence-corrected chi connectivity index (χ2v) is 4.86. The fourth-order valence-electron chi connectivity index (χ4n) is 2.71. The number of guanidine groups is 1. The Bertz CT molecular complexity index is 615. The Kier molecular flexibility index (Phi) is 3.07. The maximum absolute atomic E-state index is 5.99. The largest absolute Gasteiger partial charge is 0.370 e. The highest BCUT2D eigenvalue weighted by atomic mass is 15.3. The number of aliphatic imine (C=N–C) groups is 1. The summed E-state index contributed by atoms with van der Waals surface area (Å²) in [7, 11) is 0. The number of hydrogen-bond acceptors (Lipinski definition) is 4. The molecule has 1 unspecified atom stereocenters. The maximum atomic E-state index is 5.99. The van der Waals surface area contributed by atoms with E-state index in [1.807, 2.05) is 18.5 Å². The van der Waals surface area contributed by atoms with Crippen molar-refractivity contribution in [3.05, 3.63) is 42.2 Å². The Morgan fingerprint density at radius 3 is 3.00 bits per heavy atom. The topological polar surface area (TPSA) is 54.5 Å². The van der Waals surface area contributed by atoms with E-state index in [4.69, 9.17) is 5.73 Å². The average molecular weight is 254 g/mol. The van der Waals surface area contributed by atoms with Crippen molar-refractivity contribution in [2.45, 2.75) is 19.4 Å². The van der Waals surface area contributed by atoms with Gasteiger partial charge in [-0.3, -0.25) is 9.98 Å². The molecule has 0 aliphatic carbocycles. The zero-order valence-corrected chi connectivity index (χ0v) is 11.1. The lowest BCUT2D eigenvalue weighted by Gasteiger charge is -2.26. The summed E-state index contributed by atoms with van der Waals surface area (Å²) in [5.74, 6) is 0.653. The van der Waals surface area contributed by atoms with Crippen molar-refractivity contribution in [3.63, 3.8) is 0 Å². The minimum Gasteiger partial charge on any atom is -0.370 e. The zero-order chi connectivity index (χ0) is 13.2. The van der Waals surface area contributed by atoms with Crippen LogP contribution in [0.5, 0.6) is 0 Å². The van der Waals surface area contributed by atoms with Gasteiger partial charge in [0, 0.05) is 29.9 Å². The summed E-state index contributed by atoms with van der Waals surface area (Å²) in [6, 6.07) is 8.56. The fraction of sp³-hybridized carbons (Fsp3) is 0.333. The fourth-order valence-corrected chi connectivity index (χ4v) is 2.71. The number of nitrogens with two attached hydrogens (primary N) is 1. The summed E-state index contributed by atoms with van der Waals surface area (Å²) in [5.41, 5.74) is 7.21. The zero-order valence-electron chi connectivity index (χ0n) is 11.1. The minimum absolute atomic E-state index is 0.221. The molecule has 1 aliphatic rings. The van der Waals surface area contributed by atoms with Crippen molar-refractivity contribution in [3.8, 4) is 0 Å². The molecule has 2 N–H and O–H groups in total. The van der Waals surface area contributed by atoms with Crippen molar-refractivity contribution >= 4 is 16.7 Å². The maximum Gasteiger partial charge on any atom is 0.191 e. The molecule has 98 valence electrons. The molecular formula is C15H18N4. The van der Waals surface area contributed by atoms with Crippen LogP contribution in [0.25, 0.3) is 10.8 Å². The molecule has 1 aliphatic heterocycles. The lowest BCUT2D eigenvalue weighted by molar-refractivity contribution is 0.348. The van der Waals surface area contributed by atoms with Crippen molar-refractivity contribution < 1.29 is 0 Å². The van der Waals surface area contributed by atoms with Gasteiger partial charge in [0.1, 0.15) is 0 Å². The predicted octanol–water partition coefficient (Wildman–Crippen LogP) is 2.32. The monoisotopic (exact) mass is 254 g/mol. The first-order chi connectivity index (χ1) is 9.31. The summed E-state index contributed by atoms with van der Waals surface area (Å²) in [6.45, 7) is 3.81. The molecule has 19 heavy (non-hydrogen) atoms. The summed E-state index contributed by atoms with van der Waals surface area (Å²) in [6.07, 6.45) is 4.91. The number of hydrogen-bond donors (Lipinski definition) is 1. The molecule has 1 atom stereocenters. The highest BCUT2D eigenvalue weighted by molar-refractivity contribution is 5.87. The molecule has 1 aromatic carbocycles. The molecule has 0 saturated heterocycles. The predicted molar refractivity (Wildman–Crippen MR) is 78.0 cm³/mol. The van der Waals surface area contributed by atoms with Crippen molar-refractivity contribution in [2.75, 3.05) is 13.1 Å². The SMILES string of the molecule is CCCN1C(N)=NCC1c1cncc2ccccc12. The number of fused-ring (bicyclic) bond motifs is 1. The van der Waals surface area contributed by atoms with Crippen LogP contribution in [-0.2, 0) is 0 Å². The first-order valence-electron chi connectivity index (χ1n) is 6.70. The highest BCUT2D eigenvalue weighted by Gasteiger charge is 2.27. The standard InChI is InChI=1S/C15H18N4/c1-2-7-19-14(10-18-15(19)16)13-9-17-8-11-5-3-4-6-12(11)13/h3-6,8-9,14H,2,7,10H2,1H3,(H2,16,18). The van der Waals surface area contributed by atoms with Gasteiger partial charge in [-0.2, -0.15) is 0 Å². The van der Waals surface area contributed by atoms with E-state index in [0.717, 1.165) is 19.5 Å². The van der Waals surface area contributed by atoms with E-state index in [-0.39, 0.29) is 6.04 Å². The summed E-state index contributed by atoms with van der Waals surface area (Å²) in [4.78, 5) is 10.9. The van der Waals surface area contributed by atoms with Crippen LogP contribution in [-0.4, -0.2) is 28.9 Å². The Morgan fingerprint density at radius 1 is 1.32 bits per heavy atom. The minimum atomic E-state index is 0.221. The first kappa shape index (κ1) is 12.0. The molecule has 3 rings (SSSR count).